The highest BCUT2D eigenvalue weighted by Crippen LogP contribution is 2.38. The molecule has 0 saturated carbocycles. The molecule has 0 radical (unpaired) electrons. The zero-order chi connectivity index (χ0) is 14.9. The Balaban J connectivity index is 2.54. The minimum Gasteiger partial charge on any atom is -0.328 e. The summed E-state index contributed by atoms with van der Waals surface area (Å²) in [6.07, 6.45) is 0.296. The normalized spacial score (nSPS) is 19.6. The number of rotatable bonds is 1. The highest BCUT2D eigenvalue weighted by atomic mass is 35.5. The molecule has 2 rings (SSSR count). The van der Waals surface area contributed by atoms with Crippen molar-refractivity contribution in [3.05, 3.63) is 46.1 Å². The van der Waals surface area contributed by atoms with Crippen molar-refractivity contribution >= 4 is 17.5 Å². The number of nitrogens with one attached hydrogen (secondary N) is 1. The van der Waals surface area contributed by atoms with Crippen molar-refractivity contribution in [3.63, 3.8) is 0 Å². The molecule has 1 aromatic rings. The molecule has 1 aliphatic rings. The molecule has 104 valence electrons. The average Bonchev–Trinajstić information content (AvgIpc) is 2.37. The van der Waals surface area contributed by atoms with Crippen LogP contribution >= 0.6 is 11.6 Å². The van der Waals surface area contributed by atoms with Crippen LogP contribution in [0.25, 0.3) is 0 Å². The summed E-state index contributed by atoms with van der Waals surface area (Å²) in [7, 11) is 0. The Labute approximate surface area is 124 Å². The van der Waals surface area contributed by atoms with Gasteiger partial charge in [0.25, 0.3) is 0 Å². The van der Waals surface area contributed by atoms with Crippen LogP contribution in [0.1, 0.15) is 38.7 Å². The van der Waals surface area contributed by atoms with E-state index in [0.29, 0.717) is 17.0 Å². The summed E-state index contributed by atoms with van der Waals surface area (Å²) in [6, 6.07) is 9.61. The van der Waals surface area contributed by atoms with Gasteiger partial charge in [-0.1, -0.05) is 44.5 Å². The molecule has 0 spiro atoms. The third kappa shape index (κ3) is 2.86. The van der Waals surface area contributed by atoms with Crippen molar-refractivity contribution in [1.82, 2.24) is 5.32 Å². The number of nitriles is 1. The maximum Gasteiger partial charge on any atom is 0.225 e. The minimum absolute atomic E-state index is 0.0473. The van der Waals surface area contributed by atoms with E-state index in [1.54, 1.807) is 12.1 Å². The highest BCUT2D eigenvalue weighted by Gasteiger charge is 2.34. The van der Waals surface area contributed by atoms with E-state index in [-0.39, 0.29) is 17.2 Å². The van der Waals surface area contributed by atoms with Crippen LogP contribution in [0.4, 0.5) is 0 Å². The van der Waals surface area contributed by atoms with E-state index < -0.39 is 0 Å². The Morgan fingerprint density at radius 1 is 1.30 bits per heavy atom. The van der Waals surface area contributed by atoms with Crippen molar-refractivity contribution in [1.29, 1.82) is 5.26 Å². The molecule has 1 atom stereocenters. The summed E-state index contributed by atoms with van der Waals surface area (Å²) in [5, 5.41) is 13.0. The molecule has 20 heavy (non-hydrogen) atoms. The van der Waals surface area contributed by atoms with Gasteiger partial charge in [0.15, 0.2) is 0 Å². The number of amides is 1. The van der Waals surface area contributed by atoms with Gasteiger partial charge in [0.05, 0.1) is 11.6 Å². The lowest BCUT2D eigenvalue weighted by Gasteiger charge is -2.32. The second kappa shape index (κ2) is 5.30. The number of carbonyl (C=O) groups excluding carboxylic acids is 1. The van der Waals surface area contributed by atoms with Crippen LogP contribution in [0.2, 0.25) is 5.02 Å². The average molecular weight is 289 g/mol. The zero-order valence-electron chi connectivity index (χ0n) is 11.8. The molecule has 1 amide bonds. The van der Waals surface area contributed by atoms with E-state index in [1.807, 2.05) is 32.9 Å². The van der Waals surface area contributed by atoms with Gasteiger partial charge in [-0.25, -0.2) is 0 Å². The number of allylic oxidation sites excluding steroid dienone is 2. The van der Waals surface area contributed by atoms with Crippen molar-refractivity contribution in [2.45, 2.75) is 33.1 Å². The first kappa shape index (κ1) is 14.6. The predicted molar refractivity (Wildman–Crippen MR) is 79.0 cm³/mol. The Morgan fingerprint density at radius 3 is 2.40 bits per heavy atom. The number of hydrogen-bond donors (Lipinski definition) is 1. The van der Waals surface area contributed by atoms with Gasteiger partial charge in [-0.15, -0.1) is 0 Å². The van der Waals surface area contributed by atoms with Gasteiger partial charge in [0, 0.05) is 28.5 Å². The molecule has 4 heteroatoms. The Morgan fingerprint density at radius 2 is 1.90 bits per heavy atom. The molecule has 1 unspecified atom stereocenters. The van der Waals surface area contributed by atoms with E-state index in [0.717, 1.165) is 11.3 Å². The first-order valence-corrected chi connectivity index (χ1v) is 6.91. The van der Waals surface area contributed by atoms with Gasteiger partial charge in [-0.3, -0.25) is 4.79 Å². The summed E-state index contributed by atoms with van der Waals surface area (Å²) in [5.41, 5.74) is 2.03. The molecule has 1 N–H and O–H groups in total. The van der Waals surface area contributed by atoms with E-state index in [2.05, 4.69) is 11.4 Å². The number of halogens is 1. The molecular formula is C16H17ClN2O. The van der Waals surface area contributed by atoms with Crippen molar-refractivity contribution in [2.75, 3.05) is 0 Å². The van der Waals surface area contributed by atoms with Crippen molar-refractivity contribution in [3.8, 4) is 6.07 Å². The van der Waals surface area contributed by atoms with Gasteiger partial charge < -0.3 is 5.32 Å². The fraction of sp³-hybridized carbons (Fsp3) is 0.375. The van der Waals surface area contributed by atoms with Crippen LogP contribution < -0.4 is 5.32 Å². The molecule has 0 aromatic heterocycles. The number of benzene rings is 1. The first-order valence-electron chi connectivity index (χ1n) is 6.53. The quantitative estimate of drug-likeness (QED) is 0.855. The fourth-order valence-electron chi connectivity index (χ4n) is 2.42. The summed E-state index contributed by atoms with van der Waals surface area (Å²) >= 11 is 5.89. The second-order valence-corrected chi connectivity index (χ2v) is 6.44. The molecule has 0 saturated heterocycles. The second-order valence-electron chi connectivity index (χ2n) is 6.01. The van der Waals surface area contributed by atoms with E-state index in [1.165, 1.54) is 0 Å². The molecular weight excluding hydrogens is 272 g/mol. The predicted octanol–water partition coefficient (Wildman–Crippen LogP) is 3.77. The van der Waals surface area contributed by atoms with Crippen LogP contribution in [0.3, 0.4) is 0 Å². The van der Waals surface area contributed by atoms with E-state index in [4.69, 9.17) is 11.6 Å². The summed E-state index contributed by atoms with van der Waals surface area (Å²) in [4.78, 5) is 12.0. The lowest BCUT2D eigenvalue weighted by atomic mass is 9.78. The SMILES string of the molecule is CC(C)(C)C1=C(C#N)C(c2ccc(Cl)cc2)CC(=O)N1. The molecule has 1 aromatic carbocycles. The summed E-state index contributed by atoms with van der Waals surface area (Å²) in [6.45, 7) is 5.97. The first-order chi connectivity index (χ1) is 9.32. The maximum absolute atomic E-state index is 12.0. The number of hydrogen-bond acceptors (Lipinski definition) is 2. The largest absolute Gasteiger partial charge is 0.328 e. The summed E-state index contributed by atoms with van der Waals surface area (Å²) < 4.78 is 0. The van der Waals surface area contributed by atoms with Gasteiger partial charge >= 0.3 is 0 Å². The highest BCUT2D eigenvalue weighted by molar-refractivity contribution is 6.30. The molecule has 0 bridgehead atoms. The van der Waals surface area contributed by atoms with Crippen LogP contribution in [0, 0.1) is 16.7 Å². The lowest BCUT2D eigenvalue weighted by molar-refractivity contribution is -0.121. The Bertz CT molecular complexity index is 603. The molecule has 0 fully saturated rings. The van der Waals surface area contributed by atoms with Crippen LogP contribution in [-0.4, -0.2) is 5.91 Å². The van der Waals surface area contributed by atoms with Crippen molar-refractivity contribution < 1.29 is 4.79 Å². The van der Waals surface area contributed by atoms with Crippen LogP contribution in [0.15, 0.2) is 35.5 Å². The van der Waals surface area contributed by atoms with E-state index >= 15 is 0 Å². The van der Waals surface area contributed by atoms with Gasteiger partial charge in [0.2, 0.25) is 5.91 Å². The lowest BCUT2D eigenvalue weighted by Crippen LogP contribution is -2.37. The Hall–Kier alpha value is -1.79. The zero-order valence-corrected chi connectivity index (χ0v) is 12.6. The maximum atomic E-state index is 12.0. The number of carbonyl (C=O) groups is 1. The molecule has 0 aliphatic carbocycles. The monoisotopic (exact) mass is 288 g/mol. The summed E-state index contributed by atoms with van der Waals surface area (Å²) in [5.74, 6) is -0.242. The van der Waals surface area contributed by atoms with E-state index in [9.17, 15) is 10.1 Å². The van der Waals surface area contributed by atoms with Gasteiger partial charge in [0.1, 0.15) is 0 Å². The smallest absolute Gasteiger partial charge is 0.225 e. The third-order valence-corrected chi connectivity index (χ3v) is 3.67. The standard InChI is InChI=1S/C16H17ClN2O/c1-16(2,3)15-13(9-18)12(8-14(20)19-15)10-4-6-11(17)7-5-10/h4-7,12H,8H2,1-3H3,(H,19,20). The molecule has 1 aliphatic heterocycles. The molecule has 3 nitrogen and oxygen atoms in total. The fourth-order valence-corrected chi connectivity index (χ4v) is 2.55. The minimum atomic E-state index is -0.272. The molecule has 1 heterocycles. The van der Waals surface area contributed by atoms with Gasteiger partial charge in [-0.2, -0.15) is 5.26 Å². The third-order valence-electron chi connectivity index (χ3n) is 3.41. The van der Waals surface area contributed by atoms with Crippen LogP contribution in [-0.2, 0) is 4.79 Å². The number of nitrogens with zero attached hydrogens (tertiary/aromatic N) is 1. The van der Waals surface area contributed by atoms with Crippen molar-refractivity contribution in [2.24, 2.45) is 5.41 Å². The van der Waals surface area contributed by atoms with Crippen LogP contribution in [0.5, 0.6) is 0 Å². The topological polar surface area (TPSA) is 52.9 Å². The Kier molecular flexibility index (Phi) is 3.87. The van der Waals surface area contributed by atoms with Gasteiger partial charge in [-0.05, 0) is 17.7 Å².